The topological polar surface area (TPSA) is 38.2 Å². The third kappa shape index (κ3) is 4.61. The van der Waals surface area contributed by atoms with E-state index < -0.39 is 0 Å². The molecule has 6 heteroatoms. The van der Waals surface area contributed by atoms with E-state index in [2.05, 4.69) is 14.9 Å². The SMILES string of the molecule is CCOCCN(C)Cc1cnc(Cl)nc1Cl. The molecular formula is C10H15Cl2N3O. The van der Waals surface area contributed by atoms with Gasteiger partial charge in [0.05, 0.1) is 6.61 Å². The van der Waals surface area contributed by atoms with Gasteiger partial charge in [-0.15, -0.1) is 0 Å². The van der Waals surface area contributed by atoms with Crippen molar-refractivity contribution in [1.82, 2.24) is 14.9 Å². The van der Waals surface area contributed by atoms with Crippen molar-refractivity contribution in [2.45, 2.75) is 13.5 Å². The number of hydrogen-bond acceptors (Lipinski definition) is 4. The second kappa shape index (κ2) is 7.01. The fourth-order valence-electron chi connectivity index (χ4n) is 1.21. The van der Waals surface area contributed by atoms with Crippen LogP contribution in [0.25, 0.3) is 0 Å². The Morgan fingerprint density at radius 1 is 1.44 bits per heavy atom. The zero-order valence-electron chi connectivity index (χ0n) is 9.41. The first-order valence-corrected chi connectivity index (χ1v) is 5.82. The van der Waals surface area contributed by atoms with Crippen LogP contribution in [0.3, 0.4) is 0 Å². The average molecular weight is 264 g/mol. The van der Waals surface area contributed by atoms with Gasteiger partial charge in [-0.05, 0) is 25.6 Å². The van der Waals surface area contributed by atoms with Gasteiger partial charge in [0.15, 0.2) is 0 Å². The van der Waals surface area contributed by atoms with Crippen LogP contribution in [0.1, 0.15) is 12.5 Å². The van der Waals surface area contributed by atoms with Crippen LogP contribution in [0.15, 0.2) is 6.20 Å². The lowest BCUT2D eigenvalue weighted by Crippen LogP contribution is -2.23. The van der Waals surface area contributed by atoms with Gasteiger partial charge in [-0.1, -0.05) is 11.6 Å². The highest BCUT2D eigenvalue weighted by atomic mass is 35.5. The van der Waals surface area contributed by atoms with Gasteiger partial charge in [-0.3, -0.25) is 4.90 Å². The van der Waals surface area contributed by atoms with Crippen molar-refractivity contribution in [2.24, 2.45) is 0 Å². The summed E-state index contributed by atoms with van der Waals surface area (Å²) in [5.74, 6) is 0. The number of likely N-dealkylation sites (N-methyl/N-ethyl adjacent to an activating group) is 1. The van der Waals surface area contributed by atoms with Crippen molar-refractivity contribution in [3.05, 3.63) is 22.2 Å². The van der Waals surface area contributed by atoms with Crippen molar-refractivity contribution in [3.8, 4) is 0 Å². The van der Waals surface area contributed by atoms with Crippen LogP contribution in [-0.2, 0) is 11.3 Å². The Kier molecular flexibility index (Phi) is 5.98. The van der Waals surface area contributed by atoms with Gasteiger partial charge < -0.3 is 4.74 Å². The van der Waals surface area contributed by atoms with E-state index in [1.807, 2.05) is 14.0 Å². The predicted molar refractivity (Wildman–Crippen MR) is 64.9 cm³/mol. The Balaban J connectivity index is 2.46. The maximum Gasteiger partial charge on any atom is 0.223 e. The van der Waals surface area contributed by atoms with Gasteiger partial charge in [-0.2, -0.15) is 0 Å². The summed E-state index contributed by atoms with van der Waals surface area (Å²) < 4.78 is 5.26. The molecule has 0 aliphatic rings. The normalized spacial score (nSPS) is 11.1. The zero-order chi connectivity index (χ0) is 12.0. The van der Waals surface area contributed by atoms with Gasteiger partial charge in [0, 0.05) is 31.5 Å². The maximum atomic E-state index is 5.94. The quantitative estimate of drug-likeness (QED) is 0.448. The molecule has 1 aromatic rings. The second-order valence-corrected chi connectivity index (χ2v) is 4.09. The van der Waals surface area contributed by atoms with E-state index >= 15 is 0 Å². The number of ether oxygens (including phenoxy) is 1. The Morgan fingerprint density at radius 2 is 2.19 bits per heavy atom. The van der Waals surface area contributed by atoms with Crippen LogP contribution in [0.5, 0.6) is 0 Å². The van der Waals surface area contributed by atoms with Crippen molar-refractivity contribution < 1.29 is 4.74 Å². The second-order valence-electron chi connectivity index (χ2n) is 3.39. The Bertz CT molecular complexity index is 336. The zero-order valence-corrected chi connectivity index (χ0v) is 10.9. The van der Waals surface area contributed by atoms with Crippen LogP contribution in [0, 0.1) is 0 Å². The summed E-state index contributed by atoms with van der Waals surface area (Å²) >= 11 is 11.6. The molecule has 0 radical (unpaired) electrons. The Labute approximate surface area is 106 Å². The minimum absolute atomic E-state index is 0.172. The molecule has 0 spiro atoms. The lowest BCUT2D eigenvalue weighted by atomic mass is 10.3. The van der Waals surface area contributed by atoms with E-state index in [-0.39, 0.29) is 5.28 Å². The summed E-state index contributed by atoms with van der Waals surface area (Å²) in [7, 11) is 1.99. The smallest absolute Gasteiger partial charge is 0.223 e. The van der Waals surface area contributed by atoms with E-state index in [1.54, 1.807) is 6.20 Å². The minimum Gasteiger partial charge on any atom is -0.380 e. The summed E-state index contributed by atoms with van der Waals surface area (Å²) in [5.41, 5.74) is 0.866. The summed E-state index contributed by atoms with van der Waals surface area (Å²) in [6.07, 6.45) is 1.65. The van der Waals surface area contributed by atoms with Crippen molar-refractivity contribution in [2.75, 3.05) is 26.8 Å². The number of halogens is 2. The number of hydrogen-bond donors (Lipinski definition) is 0. The molecule has 1 aromatic heterocycles. The third-order valence-electron chi connectivity index (χ3n) is 2.04. The van der Waals surface area contributed by atoms with E-state index in [9.17, 15) is 0 Å². The standard InChI is InChI=1S/C10H15Cl2N3O/c1-3-16-5-4-15(2)7-8-6-13-10(12)14-9(8)11/h6H,3-5,7H2,1-2H3. The fraction of sp³-hybridized carbons (Fsp3) is 0.600. The van der Waals surface area contributed by atoms with Crippen LogP contribution in [0.2, 0.25) is 10.4 Å². The highest BCUT2D eigenvalue weighted by Crippen LogP contribution is 2.15. The monoisotopic (exact) mass is 263 g/mol. The summed E-state index contributed by atoms with van der Waals surface area (Å²) in [4.78, 5) is 9.88. The first kappa shape index (κ1) is 13.6. The van der Waals surface area contributed by atoms with Gasteiger partial charge in [-0.25, -0.2) is 9.97 Å². The Morgan fingerprint density at radius 3 is 2.81 bits per heavy atom. The molecule has 0 atom stereocenters. The van der Waals surface area contributed by atoms with Crippen LogP contribution in [-0.4, -0.2) is 41.7 Å². The molecule has 0 aromatic carbocycles. The molecule has 0 amide bonds. The van der Waals surface area contributed by atoms with E-state index in [4.69, 9.17) is 27.9 Å². The number of aromatic nitrogens is 2. The average Bonchev–Trinajstić information content (AvgIpc) is 2.23. The van der Waals surface area contributed by atoms with Crippen molar-refractivity contribution in [1.29, 1.82) is 0 Å². The molecule has 0 saturated carbocycles. The molecular weight excluding hydrogens is 249 g/mol. The predicted octanol–water partition coefficient (Wildman–Crippen LogP) is 2.25. The van der Waals surface area contributed by atoms with Gasteiger partial charge in [0.2, 0.25) is 5.28 Å². The third-order valence-corrected chi connectivity index (χ3v) is 2.55. The van der Waals surface area contributed by atoms with E-state index in [1.165, 1.54) is 0 Å². The lowest BCUT2D eigenvalue weighted by Gasteiger charge is -2.16. The van der Waals surface area contributed by atoms with Crippen LogP contribution < -0.4 is 0 Å². The maximum absolute atomic E-state index is 5.94. The van der Waals surface area contributed by atoms with E-state index in [0.29, 0.717) is 18.3 Å². The largest absolute Gasteiger partial charge is 0.380 e. The minimum atomic E-state index is 0.172. The molecule has 0 N–H and O–H groups in total. The first-order valence-electron chi connectivity index (χ1n) is 5.06. The van der Waals surface area contributed by atoms with Gasteiger partial charge >= 0.3 is 0 Å². The van der Waals surface area contributed by atoms with Gasteiger partial charge in [0.1, 0.15) is 5.15 Å². The molecule has 16 heavy (non-hydrogen) atoms. The van der Waals surface area contributed by atoms with Crippen LogP contribution in [0.4, 0.5) is 0 Å². The lowest BCUT2D eigenvalue weighted by molar-refractivity contribution is 0.120. The molecule has 0 aliphatic heterocycles. The molecule has 0 unspecified atom stereocenters. The molecule has 1 rings (SSSR count). The fourth-order valence-corrected chi connectivity index (χ4v) is 1.57. The molecule has 0 saturated heterocycles. The first-order chi connectivity index (χ1) is 7.63. The summed E-state index contributed by atoms with van der Waals surface area (Å²) in [6.45, 7) is 4.94. The summed E-state index contributed by atoms with van der Waals surface area (Å²) in [6, 6.07) is 0. The molecule has 0 aliphatic carbocycles. The van der Waals surface area contributed by atoms with Crippen LogP contribution >= 0.6 is 23.2 Å². The highest BCUT2D eigenvalue weighted by Gasteiger charge is 2.06. The highest BCUT2D eigenvalue weighted by molar-refractivity contribution is 6.32. The Hall–Kier alpha value is -0.420. The molecule has 90 valence electrons. The van der Waals surface area contributed by atoms with E-state index in [0.717, 1.165) is 18.7 Å². The molecule has 0 fully saturated rings. The van der Waals surface area contributed by atoms with Crippen molar-refractivity contribution >= 4 is 23.2 Å². The van der Waals surface area contributed by atoms with Gasteiger partial charge in [0.25, 0.3) is 0 Å². The summed E-state index contributed by atoms with van der Waals surface area (Å²) in [5, 5.41) is 0.578. The molecule has 0 bridgehead atoms. The number of nitrogens with zero attached hydrogens (tertiary/aromatic N) is 3. The van der Waals surface area contributed by atoms with Crippen molar-refractivity contribution in [3.63, 3.8) is 0 Å². The molecule has 4 nitrogen and oxygen atoms in total. The number of rotatable bonds is 6. The molecule has 1 heterocycles.